The van der Waals surface area contributed by atoms with Crippen molar-refractivity contribution < 1.29 is 14.3 Å². The highest BCUT2D eigenvalue weighted by atomic mass is 16.5. The standard InChI is InChI=1S/C27H32N2O3/c1-3-14-28-17-19(18-8-4-5-9-20(18)28)25-26-21(10-6-12-23(26)30)29(15-16-32-2)22-11-7-13-24(31)27(22)25/h4-5,8-9,17,25H,3,6-7,10-16H2,1-2H3. The molecule has 0 saturated carbocycles. The zero-order valence-electron chi connectivity index (χ0n) is 19.2. The number of allylic oxidation sites excluding steroid dienone is 4. The maximum absolute atomic E-state index is 13.4. The average Bonchev–Trinajstić information content (AvgIpc) is 3.16. The Morgan fingerprint density at radius 2 is 1.59 bits per heavy atom. The number of Topliss-reactive ketones (excluding diaryl/α,β-unsaturated/α-hetero) is 2. The molecule has 0 saturated heterocycles. The van der Waals surface area contributed by atoms with Gasteiger partial charge in [0.15, 0.2) is 11.6 Å². The summed E-state index contributed by atoms with van der Waals surface area (Å²) in [7, 11) is 1.71. The number of aromatic nitrogens is 1. The Hall–Kier alpha value is -2.66. The van der Waals surface area contributed by atoms with Crippen LogP contribution in [0.25, 0.3) is 10.9 Å². The van der Waals surface area contributed by atoms with Crippen LogP contribution in [0.15, 0.2) is 53.0 Å². The highest BCUT2D eigenvalue weighted by Gasteiger charge is 2.43. The van der Waals surface area contributed by atoms with E-state index in [1.807, 2.05) is 0 Å². The van der Waals surface area contributed by atoms with Crippen LogP contribution in [0.5, 0.6) is 0 Å². The Bertz CT molecular complexity index is 1090. The molecule has 0 amide bonds. The highest BCUT2D eigenvalue weighted by molar-refractivity contribution is 6.07. The molecule has 3 aliphatic rings. The zero-order valence-corrected chi connectivity index (χ0v) is 19.2. The van der Waals surface area contributed by atoms with Crippen LogP contribution < -0.4 is 0 Å². The van der Waals surface area contributed by atoms with Gasteiger partial charge in [-0.1, -0.05) is 25.1 Å². The Morgan fingerprint density at radius 3 is 2.22 bits per heavy atom. The molecule has 5 heteroatoms. The SMILES string of the molecule is CCCn1cc(C2C3=C(CCCC3=O)N(CCOC)C3=C2C(=O)CCC3)c2ccccc21. The van der Waals surface area contributed by atoms with Crippen molar-refractivity contribution in [2.45, 2.75) is 64.3 Å². The van der Waals surface area contributed by atoms with E-state index in [1.165, 1.54) is 5.52 Å². The third-order valence-corrected chi connectivity index (χ3v) is 7.20. The number of carbonyl (C=O) groups excluding carboxylic acids is 2. The van der Waals surface area contributed by atoms with Crippen molar-refractivity contribution in [2.75, 3.05) is 20.3 Å². The zero-order chi connectivity index (χ0) is 22.2. The molecule has 5 rings (SSSR count). The molecule has 0 fully saturated rings. The average molecular weight is 433 g/mol. The fourth-order valence-corrected chi connectivity index (χ4v) is 5.91. The Labute approximate surface area is 189 Å². The molecule has 168 valence electrons. The topological polar surface area (TPSA) is 51.5 Å². The Morgan fingerprint density at radius 1 is 0.938 bits per heavy atom. The van der Waals surface area contributed by atoms with Gasteiger partial charge >= 0.3 is 0 Å². The molecule has 1 aromatic heterocycles. The van der Waals surface area contributed by atoms with Gasteiger partial charge in [-0.3, -0.25) is 9.59 Å². The first kappa shape index (κ1) is 21.2. The Kier molecular flexibility index (Phi) is 5.76. The van der Waals surface area contributed by atoms with Crippen molar-refractivity contribution in [3.63, 3.8) is 0 Å². The Balaban J connectivity index is 1.77. The molecule has 1 aliphatic heterocycles. The van der Waals surface area contributed by atoms with Crippen LogP contribution in [-0.4, -0.2) is 41.3 Å². The summed E-state index contributed by atoms with van der Waals surface area (Å²) in [4.78, 5) is 29.1. The molecule has 5 nitrogen and oxygen atoms in total. The normalized spacial score (nSPS) is 19.8. The first-order valence-electron chi connectivity index (χ1n) is 12.0. The van der Waals surface area contributed by atoms with Crippen molar-refractivity contribution in [1.82, 2.24) is 9.47 Å². The first-order chi connectivity index (χ1) is 15.7. The summed E-state index contributed by atoms with van der Waals surface area (Å²) >= 11 is 0. The highest BCUT2D eigenvalue weighted by Crippen LogP contribution is 2.50. The van der Waals surface area contributed by atoms with E-state index in [0.29, 0.717) is 26.0 Å². The molecule has 2 aliphatic carbocycles. The van der Waals surface area contributed by atoms with Crippen molar-refractivity contribution in [3.05, 3.63) is 58.6 Å². The molecule has 0 N–H and O–H groups in total. The number of hydrogen-bond acceptors (Lipinski definition) is 4. The van der Waals surface area contributed by atoms with Crippen molar-refractivity contribution in [2.24, 2.45) is 0 Å². The van der Waals surface area contributed by atoms with Gasteiger partial charge in [-0.15, -0.1) is 0 Å². The molecule has 0 unspecified atom stereocenters. The van der Waals surface area contributed by atoms with E-state index < -0.39 is 0 Å². The number of rotatable bonds is 6. The minimum Gasteiger partial charge on any atom is -0.383 e. The van der Waals surface area contributed by atoms with Gasteiger partial charge in [0.25, 0.3) is 0 Å². The molecule has 0 radical (unpaired) electrons. The lowest BCUT2D eigenvalue weighted by atomic mass is 9.71. The van der Waals surface area contributed by atoms with Crippen molar-refractivity contribution in [1.29, 1.82) is 0 Å². The summed E-state index contributed by atoms with van der Waals surface area (Å²) in [6, 6.07) is 8.43. The second-order valence-corrected chi connectivity index (χ2v) is 9.15. The van der Waals surface area contributed by atoms with Gasteiger partial charge in [0.1, 0.15) is 0 Å². The predicted octanol–water partition coefficient (Wildman–Crippen LogP) is 5.11. The van der Waals surface area contributed by atoms with E-state index in [2.05, 4.69) is 46.9 Å². The minimum absolute atomic E-state index is 0.205. The van der Waals surface area contributed by atoms with Gasteiger partial charge in [-0.2, -0.15) is 0 Å². The molecule has 0 spiro atoms. The van der Waals surface area contributed by atoms with Gasteiger partial charge in [-0.25, -0.2) is 0 Å². The maximum atomic E-state index is 13.4. The number of fused-ring (bicyclic) bond motifs is 1. The molecule has 2 aromatic rings. The fourth-order valence-electron chi connectivity index (χ4n) is 5.91. The number of methoxy groups -OCH3 is 1. The van der Waals surface area contributed by atoms with E-state index in [9.17, 15) is 9.59 Å². The number of carbonyl (C=O) groups is 2. The van der Waals surface area contributed by atoms with Gasteiger partial charge in [0.2, 0.25) is 0 Å². The molecule has 32 heavy (non-hydrogen) atoms. The van der Waals surface area contributed by atoms with E-state index in [1.54, 1.807) is 7.11 Å². The van der Waals surface area contributed by atoms with Crippen molar-refractivity contribution >= 4 is 22.5 Å². The molecular weight excluding hydrogens is 400 g/mol. The van der Waals surface area contributed by atoms with Crippen LogP contribution >= 0.6 is 0 Å². The van der Waals surface area contributed by atoms with Gasteiger partial charge in [-0.05, 0) is 43.7 Å². The number of nitrogens with zero attached hydrogens (tertiary/aromatic N) is 2. The number of para-hydroxylation sites is 1. The monoisotopic (exact) mass is 432 g/mol. The fraction of sp³-hybridized carbons (Fsp3) is 0.481. The maximum Gasteiger partial charge on any atom is 0.161 e. The van der Waals surface area contributed by atoms with Crippen LogP contribution in [0.1, 0.15) is 63.4 Å². The van der Waals surface area contributed by atoms with E-state index in [-0.39, 0.29) is 17.5 Å². The summed E-state index contributed by atoms with van der Waals surface area (Å²) in [5, 5.41) is 1.16. The first-order valence-corrected chi connectivity index (χ1v) is 12.0. The van der Waals surface area contributed by atoms with Crippen molar-refractivity contribution in [3.8, 4) is 0 Å². The van der Waals surface area contributed by atoms with Crippen LogP contribution in [0.2, 0.25) is 0 Å². The number of aryl methyl sites for hydroxylation is 1. The van der Waals surface area contributed by atoms with E-state index in [4.69, 9.17) is 4.74 Å². The molecule has 1 aromatic carbocycles. The minimum atomic E-state index is -0.248. The molecular formula is C27H32N2O3. The molecule has 2 heterocycles. The van der Waals surface area contributed by atoms with Gasteiger partial charge < -0.3 is 14.2 Å². The summed E-state index contributed by atoms with van der Waals surface area (Å²) in [5.74, 6) is 0.161. The summed E-state index contributed by atoms with van der Waals surface area (Å²) < 4.78 is 7.69. The summed E-state index contributed by atoms with van der Waals surface area (Å²) in [6.45, 7) is 4.38. The number of benzene rings is 1. The number of ether oxygens (including phenoxy) is 1. The van der Waals surface area contributed by atoms with Crippen LogP contribution in [0, 0.1) is 0 Å². The number of ketones is 2. The second-order valence-electron chi connectivity index (χ2n) is 9.15. The third kappa shape index (κ3) is 3.34. The van der Waals surface area contributed by atoms with Crippen LogP contribution in [0.3, 0.4) is 0 Å². The molecule has 0 bridgehead atoms. The second kappa shape index (κ2) is 8.70. The van der Waals surface area contributed by atoms with Gasteiger partial charge in [0, 0.05) is 78.6 Å². The number of hydrogen-bond donors (Lipinski definition) is 0. The smallest absolute Gasteiger partial charge is 0.161 e. The van der Waals surface area contributed by atoms with Crippen LogP contribution in [-0.2, 0) is 20.9 Å². The predicted molar refractivity (Wildman–Crippen MR) is 125 cm³/mol. The largest absolute Gasteiger partial charge is 0.383 e. The van der Waals surface area contributed by atoms with E-state index >= 15 is 0 Å². The summed E-state index contributed by atoms with van der Waals surface area (Å²) in [6.07, 6.45) is 7.91. The quantitative estimate of drug-likeness (QED) is 0.636. The van der Waals surface area contributed by atoms with E-state index in [0.717, 1.165) is 72.1 Å². The van der Waals surface area contributed by atoms with Crippen LogP contribution in [0.4, 0.5) is 0 Å². The van der Waals surface area contributed by atoms with Gasteiger partial charge in [0.05, 0.1) is 6.61 Å². The molecule has 0 atom stereocenters. The summed E-state index contributed by atoms with van der Waals surface area (Å²) in [5.41, 5.74) is 6.28. The lowest BCUT2D eigenvalue weighted by Gasteiger charge is -2.43. The lowest BCUT2D eigenvalue weighted by Crippen LogP contribution is -2.40. The lowest BCUT2D eigenvalue weighted by molar-refractivity contribution is -0.117. The third-order valence-electron chi connectivity index (χ3n) is 7.20.